The number of para-hydroxylation sites is 2. The van der Waals surface area contributed by atoms with Crippen LogP contribution in [0.4, 0.5) is 11.4 Å². The zero-order valence-electron chi connectivity index (χ0n) is 20.7. The van der Waals surface area contributed by atoms with Gasteiger partial charge in [0.25, 0.3) is 0 Å². The van der Waals surface area contributed by atoms with E-state index in [-0.39, 0.29) is 11.8 Å². The van der Waals surface area contributed by atoms with Crippen molar-refractivity contribution in [1.29, 1.82) is 0 Å². The van der Waals surface area contributed by atoms with Crippen LogP contribution < -0.4 is 9.80 Å². The second-order valence-electron chi connectivity index (χ2n) is 8.69. The van der Waals surface area contributed by atoms with Gasteiger partial charge in [0.1, 0.15) is 0 Å². The van der Waals surface area contributed by atoms with E-state index in [1.807, 2.05) is 74.8 Å². The van der Waals surface area contributed by atoms with Gasteiger partial charge in [-0.15, -0.1) is 0 Å². The van der Waals surface area contributed by atoms with Crippen LogP contribution in [0.25, 0.3) is 0 Å². The van der Waals surface area contributed by atoms with E-state index in [1.165, 1.54) is 32.1 Å². The lowest BCUT2D eigenvalue weighted by atomic mass is 10.1. The number of rotatable bonds is 15. The number of benzene rings is 2. The summed E-state index contributed by atoms with van der Waals surface area (Å²) in [6.07, 6.45) is 8.30. The van der Waals surface area contributed by atoms with Gasteiger partial charge in [-0.2, -0.15) is 0 Å². The molecule has 0 saturated carbocycles. The van der Waals surface area contributed by atoms with Gasteiger partial charge in [0.2, 0.25) is 11.8 Å². The molecule has 0 bridgehead atoms. The van der Waals surface area contributed by atoms with Crippen LogP contribution in [0.3, 0.4) is 0 Å². The number of amides is 2. The minimum Gasteiger partial charge on any atom is -0.315 e. The summed E-state index contributed by atoms with van der Waals surface area (Å²) in [4.78, 5) is 31.2. The Morgan fingerprint density at radius 1 is 0.606 bits per heavy atom. The maximum Gasteiger partial charge on any atom is 0.228 e. The van der Waals surface area contributed by atoms with Gasteiger partial charge in [0.05, 0.1) is 0 Å². The molecule has 5 heteroatoms. The Kier molecular flexibility index (Phi) is 12.3. The normalized spacial score (nSPS) is 10.9. The predicted molar refractivity (Wildman–Crippen MR) is 139 cm³/mol. The molecule has 0 aliphatic carbocycles. The third-order valence-corrected chi connectivity index (χ3v) is 6.15. The zero-order valence-corrected chi connectivity index (χ0v) is 20.7. The van der Waals surface area contributed by atoms with E-state index in [9.17, 15) is 9.59 Å². The molecule has 0 aliphatic rings. The predicted octanol–water partition coefficient (Wildman–Crippen LogP) is 5.76. The highest BCUT2D eigenvalue weighted by atomic mass is 16.2. The molecule has 0 aromatic heterocycles. The number of carbonyl (C=O) groups is 2. The third kappa shape index (κ3) is 9.79. The number of unbranched alkanes of at least 4 members (excludes halogenated alkanes) is 5. The summed E-state index contributed by atoms with van der Waals surface area (Å²) >= 11 is 0. The van der Waals surface area contributed by atoms with Crippen LogP contribution in [0.15, 0.2) is 60.7 Å². The SMILES string of the molecule is CCCCCCCCN(CCC(=O)N(C)c1ccccc1)CCC(=O)N(C)c1ccccc1. The molecular formula is C28H41N3O2. The van der Waals surface area contributed by atoms with Crippen molar-refractivity contribution in [2.45, 2.75) is 58.3 Å². The topological polar surface area (TPSA) is 43.9 Å². The zero-order chi connectivity index (χ0) is 23.9. The Morgan fingerprint density at radius 2 is 1.03 bits per heavy atom. The van der Waals surface area contributed by atoms with Crippen LogP contribution in [0, 0.1) is 0 Å². The highest BCUT2D eigenvalue weighted by Crippen LogP contribution is 2.14. The van der Waals surface area contributed by atoms with E-state index in [2.05, 4.69) is 11.8 Å². The van der Waals surface area contributed by atoms with Gasteiger partial charge >= 0.3 is 0 Å². The maximum absolute atomic E-state index is 12.8. The van der Waals surface area contributed by atoms with E-state index in [0.29, 0.717) is 25.9 Å². The number of anilines is 2. The number of carbonyl (C=O) groups excluding carboxylic acids is 2. The Labute approximate surface area is 200 Å². The van der Waals surface area contributed by atoms with Crippen LogP contribution >= 0.6 is 0 Å². The number of hydrogen-bond acceptors (Lipinski definition) is 3. The highest BCUT2D eigenvalue weighted by Gasteiger charge is 2.16. The molecule has 180 valence electrons. The van der Waals surface area contributed by atoms with Crippen LogP contribution in [0.1, 0.15) is 58.3 Å². The smallest absolute Gasteiger partial charge is 0.228 e. The summed E-state index contributed by atoms with van der Waals surface area (Å²) in [5, 5.41) is 0. The molecule has 0 aliphatic heterocycles. The van der Waals surface area contributed by atoms with E-state index >= 15 is 0 Å². The van der Waals surface area contributed by atoms with Crippen molar-refractivity contribution >= 4 is 23.2 Å². The van der Waals surface area contributed by atoms with Gasteiger partial charge in [0, 0.05) is 51.4 Å². The molecule has 0 radical (unpaired) electrons. The molecule has 2 amide bonds. The molecular weight excluding hydrogens is 410 g/mol. The first-order valence-corrected chi connectivity index (χ1v) is 12.4. The third-order valence-electron chi connectivity index (χ3n) is 6.15. The lowest BCUT2D eigenvalue weighted by Crippen LogP contribution is -2.36. The lowest BCUT2D eigenvalue weighted by Gasteiger charge is -2.25. The fourth-order valence-corrected chi connectivity index (χ4v) is 3.89. The van der Waals surface area contributed by atoms with Gasteiger partial charge in [-0.25, -0.2) is 0 Å². The maximum atomic E-state index is 12.8. The fraction of sp³-hybridized carbons (Fsp3) is 0.500. The lowest BCUT2D eigenvalue weighted by molar-refractivity contribution is -0.118. The highest BCUT2D eigenvalue weighted by molar-refractivity contribution is 5.93. The van der Waals surface area contributed by atoms with E-state index in [0.717, 1.165) is 24.3 Å². The van der Waals surface area contributed by atoms with Crippen molar-refractivity contribution in [3.05, 3.63) is 60.7 Å². The largest absolute Gasteiger partial charge is 0.315 e. The number of nitrogens with zero attached hydrogens (tertiary/aromatic N) is 3. The summed E-state index contributed by atoms with van der Waals surface area (Å²) in [6, 6.07) is 19.5. The van der Waals surface area contributed by atoms with E-state index < -0.39 is 0 Å². The monoisotopic (exact) mass is 451 g/mol. The number of hydrogen-bond donors (Lipinski definition) is 0. The van der Waals surface area contributed by atoms with Crippen LogP contribution in [0.2, 0.25) is 0 Å². The van der Waals surface area contributed by atoms with Gasteiger partial charge in [-0.3, -0.25) is 9.59 Å². The van der Waals surface area contributed by atoms with Gasteiger partial charge < -0.3 is 14.7 Å². The van der Waals surface area contributed by atoms with Crippen molar-refractivity contribution in [2.24, 2.45) is 0 Å². The molecule has 0 spiro atoms. The quantitative estimate of drug-likeness (QED) is 0.324. The molecule has 0 heterocycles. The van der Waals surface area contributed by atoms with Crippen molar-refractivity contribution in [2.75, 3.05) is 43.5 Å². The molecule has 33 heavy (non-hydrogen) atoms. The molecule has 0 fully saturated rings. The molecule has 0 saturated heterocycles. The van der Waals surface area contributed by atoms with Crippen LogP contribution in [0.5, 0.6) is 0 Å². The summed E-state index contributed by atoms with van der Waals surface area (Å²) in [5.41, 5.74) is 1.81. The summed E-state index contributed by atoms with van der Waals surface area (Å²) in [6.45, 7) is 4.51. The molecule has 2 aromatic carbocycles. The molecule has 2 aromatic rings. The minimum atomic E-state index is 0.0990. The van der Waals surface area contributed by atoms with Crippen molar-refractivity contribution in [3.63, 3.8) is 0 Å². The Morgan fingerprint density at radius 3 is 1.48 bits per heavy atom. The van der Waals surface area contributed by atoms with Crippen LogP contribution in [-0.4, -0.2) is 50.4 Å². The van der Waals surface area contributed by atoms with Gasteiger partial charge in [-0.05, 0) is 37.2 Å². The average molecular weight is 452 g/mol. The summed E-state index contributed by atoms with van der Waals surface area (Å²) < 4.78 is 0. The van der Waals surface area contributed by atoms with Gasteiger partial charge in [0.15, 0.2) is 0 Å². The second-order valence-corrected chi connectivity index (χ2v) is 8.69. The fourth-order valence-electron chi connectivity index (χ4n) is 3.89. The molecule has 0 N–H and O–H groups in total. The first kappa shape index (κ1) is 26.6. The molecule has 0 atom stereocenters. The minimum absolute atomic E-state index is 0.0990. The molecule has 5 nitrogen and oxygen atoms in total. The molecule has 2 rings (SSSR count). The Hall–Kier alpha value is -2.66. The average Bonchev–Trinajstić information content (AvgIpc) is 2.86. The van der Waals surface area contributed by atoms with Crippen molar-refractivity contribution in [1.82, 2.24) is 4.90 Å². The summed E-state index contributed by atoms with van der Waals surface area (Å²) in [7, 11) is 3.65. The standard InChI is InChI=1S/C28H41N3O2/c1-4-5-6-7-8-15-22-31(23-20-27(32)29(2)25-16-11-9-12-17-25)24-21-28(33)30(3)26-18-13-10-14-19-26/h9-14,16-19H,4-8,15,20-24H2,1-3H3. The van der Waals surface area contributed by atoms with Crippen molar-refractivity contribution in [3.8, 4) is 0 Å². The first-order valence-electron chi connectivity index (χ1n) is 12.4. The molecule has 0 unspecified atom stereocenters. The van der Waals surface area contributed by atoms with Crippen LogP contribution in [-0.2, 0) is 9.59 Å². The first-order chi connectivity index (χ1) is 16.0. The second kappa shape index (κ2) is 15.2. The Balaban J connectivity index is 1.87. The van der Waals surface area contributed by atoms with Crippen molar-refractivity contribution < 1.29 is 9.59 Å². The van der Waals surface area contributed by atoms with Gasteiger partial charge in [-0.1, -0.05) is 75.4 Å². The summed E-state index contributed by atoms with van der Waals surface area (Å²) in [5.74, 6) is 0.198. The van der Waals surface area contributed by atoms with E-state index in [1.54, 1.807) is 9.80 Å². The van der Waals surface area contributed by atoms with E-state index in [4.69, 9.17) is 0 Å². The Bertz CT molecular complexity index is 749.